The Bertz CT molecular complexity index is 743. The molecule has 0 amide bonds. The van der Waals surface area contributed by atoms with Gasteiger partial charge in [-0.25, -0.2) is 9.97 Å². The van der Waals surface area contributed by atoms with Crippen molar-refractivity contribution in [3.05, 3.63) is 47.9 Å². The van der Waals surface area contributed by atoms with Gasteiger partial charge in [0.2, 0.25) is 5.95 Å². The zero-order chi connectivity index (χ0) is 14.1. The van der Waals surface area contributed by atoms with Crippen molar-refractivity contribution in [2.24, 2.45) is 0 Å². The summed E-state index contributed by atoms with van der Waals surface area (Å²) >= 11 is 0. The number of anilines is 1. The van der Waals surface area contributed by atoms with Crippen molar-refractivity contribution in [3.8, 4) is 22.4 Å². The first-order valence-electron chi connectivity index (χ1n) is 6.35. The van der Waals surface area contributed by atoms with Crippen LogP contribution in [-0.4, -0.2) is 20.2 Å². The Morgan fingerprint density at radius 1 is 1.05 bits per heavy atom. The summed E-state index contributed by atoms with van der Waals surface area (Å²) in [6.45, 7) is 4.03. The molecule has 100 valence electrons. The number of nitrogens with zero attached hydrogens (tertiary/aromatic N) is 3. The number of H-pyrrole nitrogens is 1. The van der Waals surface area contributed by atoms with E-state index in [0.29, 0.717) is 0 Å². The smallest absolute Gasteiger partial charge is 0.219 e. The van der Waals surface area contributed by atoms with Gasteiger partial charge in [-0.2, -0.15) is 5.10 Å². The third kappa shape index (κ3) is 2.14. The van der Waals surface area contributed by atoms with Crippen molar-refractivity contribution in [1.82, 2.24) is 20.2 Å². The Morgan fingerprint density at radius 3 is 2.50 bits per heavy atom. The van der Waals surface area contributed by atoms with Crippen LogP contribution in [0.5, 0.6) is 0 Å². The summed E-state index contributed by atoms with van der Waals surface area (Å²) in [4.78, 5) is 8.11. The molecule has 5 nitrogen and oxygen atoms in total. The summed E-state index contributed by atoms with van der Waals surface area (Å²) in [6.07, 6.45) is 3.44. The number of hydrogen-bond donors (Lipinski definition) is 2. The minimum atomic E-state index is 0.270. The summed E-state index contributed by atoms with van der Waals surface area (Å²) in [5.41, 5.74) is 11.6. The number of benzene rings is 1. The van der Waals surface area contributed by atoms with Gasteiger partial charge in [0.1, 0.15) is 0 Å². The van der Waals surface area contributed by atoms with Crippen molar-refractivity contribution in [1.29, 1.82) is 0 Å². The molecular weight excluding hydrogens is 250 g/mol. The van der Waals surface area contributed by atoms with Crippen LogP contribution < -0.4 is 5.73 Å². The monoisotopic (exact) mass is 265 g/mol. The number of nitrogen functional groups attached to an aromatic ring is 1. The van der Waals surface area contributed by atoms with E-state index in [4.69, 9.17) is 5.73 Å². The van der Waals surface area contributed by atoms with E-state index in [2.05, 4.69) is 45.3 Å². The topological polar surface area (TPSA) is 80.5 Å². The van der Waals surface area contributed by atoms with Crippen LogP contribution in [0.4, 0.5) is 5.95 Å². The fourth-order valence-corrected chi connectivity index (χ4v) is 2.26. The first kappa shape index (κ1) is 12.3. The maximum atomic E-state index is 5.54. The molecule has 0 bridgehead atoms. The number of nitrogens with two attached hydrogens (primary N) is 1. The van der Waals surface area contributed by atoms with Crippen LogP contribution >= 0.6 is 0 Å². The number of hydrogen-bond acceptors (Lipinski definition) is 4. The third-order valence-electron chi connectivity index (χ3n) is 3.21. The van der Waals surface area contributed by atoms with Gasteiger partial charge in [-0.3, -0.25) is 5.10 Å². The van der Waals surface area contributed by atoms with Gasteiger partial charge in [-0.05, 0) is 19.9 Å². The highest BCUT2D eigenvalue weighted by Crippen LogP contribution is 2.32. The van der Waals surface area contributed by atoms with E-state index in [1.807, 2.05) is 13.0 Å². The summed E-state index contributed by atoms with van der Waals surface area (Å²) in [7, 11) is 0. The molecule has 0 radical (unpaired) electrons. The largest absolute Gasteiger partial charge is 0.368 e. The minimum Gasteiger partial charge on any atom is -0.368 e. The van der Waals surface area contributed by atoms with Crippen LogP contribution in [0, 0.1) is 13.8 Å². The molecule has 5 heteroatoms. The number of aromatic nitrogens is 4. The molecule has 0 fully saturated rings. The van der Waals surface area contributed by atoms with Gasteiger partial charge in [0.15, 0.2) is 0 Å². The summed E-state index contributed by atoms with van der Waals surface area (Å²) in [6, 6.07) is 8.28. The van der Waals surface area contributed by atoms with Gasteiger partial charge < -0.3 is 5.73 Å². The highest BCUT2D eigenvalue weighted by Gasteiger charge is 2.14. The van der Waals surface area contributed by atoms with Crippen molar-refractivity contribution >= 4 is 5.95 Å². The molecule has 1 aromatic carbocycles. The number of rotatable bonds is 2. The number of nitrogens with one attached hydrogen (secondary N) is 1. The lowest BCUT2D eigenvalue weighted by atomic mass is 10.0. The Hall–Kier alpha value is -2.69. The standard InChI is InChI=1S/C15H15N5/c1-9-4-3-5-11(6-9)14-13(10(2)19-20-14)12-7-17-15(16)18-8-12/h3-8H,1-2H3,(H,19,20)(H2,16,17,18). The quantitative estimate of drug-likeness (QED) is 0.746. The van der Waals surface area contributed by atoms with Gasteiger partial charge in [-0.15, -0.1) is 0 Å². The van der Waals surface area contributed by atoms with Crippen LogP contribution in [0.3, 0.4) is 0 Å². The van der Waals surface area contributed by atoms with Gasteiger partial charge in [-0.1, -0.05) is 23.8 Å². The van der Waals surface area contributed by atoms with Crippen LogP contribution in [0.2, 0.25) is 0 Å². The Kier molecular flexibility index (Phi) is 2.95. The van der Waals surface area contributed by atoms with Crippen LogP contribution in [0.15, 0.2) is 36.7 Å². The van der Waals surface area contributed by atoms with Crippen LogP contribution in [0.25, 0.3) is 22.4 Å². The molecule has 0 aliphatic rings. The zero-order valence-electron chi connectivity index (χ0n) is 11.4. The van der Waals surface area contributed by atoms with Crippen LogP contribution in [-0.2, 0) is 0 Å². The molecule has 0 aliphatic heterocycles. The maximum Gasteiger partial charge on any atom is 0.219 e. The molecule has 0 aliphatic carbocycles. The zero-order valence-corrected chi connectivity index (χ0v) is 11.4. The second kappa shape index (κ2) is 4.77. The van der Waals surface area contributed by atoms with E-state index in [0.717, 1.165) is 28.1 Å². The summed E-state index contributed by atoms with van der Waals surface area (Å²) < 4.78 is 0. The third-order valence-corrected chi connectivity index (χ3v) is 3.21. The lowest BCUT2D eigenvalue weighted by Crippen LogP contribution is -1.94. The van der Waals surface area contributed by atoms with Crippen molar-refractivity contribution in [2.45, 2.75) is 13.8 Å². The predicted molar refractivity (Wildman–Crippen MR) is 78.9 cm³/mol. The highest BCUT2D eigenvalue weighted by atomic mass is 15.1. The lowest BCUT2D eigenvalue weighted by Gasteiger charge is -2.05. The first-order valence-corrected chi connectivity index (χ1v) is 6.35. The molecule has 2 aromatic heterocycles. The van der Waals surface area contributed by atoms with E-state index in [-0.39, 0.29) is 5.95 Å². The molecule has 0 saturated carbocycles. The van der Waals surface area contributed by atoms with Gasteiger partial charge >= 0.3 is 0 Å². The van der Waals surface area contributed by atoms with Crippen LogP contribution in [0.1, 0.15) is 11.3 Å². The molecular formula is C15H15N5. The van der Waals surface area contributed by atoms with E-state index in [1.165, 1.54) is 5.56 Å². The highest BCUT2D eigenvalue weighted by molar-refractivity contribution is 5.82. The van der Waals surface area contributed by atoms with E-state index in [1.54, 1.807) is 12.4 Å². The van der Waals surface area contributed by atoms with Crippen molar-refractivity contribution in [2.75, 3.05) is 5.73 Å². The normalized spacial score (nSPS) is 10.7. The first-order chi connectivity index (χ1) is 9.65. The van der Waals surface area contributed by atoms with Gasteiger partial charge in [0.05, 0.1) is 11.4 Å². The molecule has 20 heavy (non-hydrogen) atoms. The molecule has 0 atom stereocenters. The molecule has 3 rings (SSSR count). The van der Waals surface area contributed by atoms with Crippen molar-refractivity contribution < 1.29 is 0 Å². The molecule has 2 heterocycles. The lowest BCUT2D eigenvalue weighted by molar-refractivity contribution is 1.05. The maximum absolute atomic E-state index is 5.54. The predicted octanol–water partition coefficient (Wildman–Crippen LogP) is 2.73. The van der Waals surface area contributed by atoms with E-state index >= 15 is 0 Å². The molecule has 3 N–H and O–H groups in total. The Labute approximate surface area is 116 Å². The molecule has 0 unspecified atom stereocenters. The average Bonchev–Trinajstić information content (AvgIpc) is 2.82. The molecule has 0 saturated heterocycles. The molecule has 0 spiro atoms. The number of aromatic amines is 1. The fourth-order valence-electron chi connectivity index (χ4n) is 2.26. The Morgan fingerprint density at radius 2 is 1.80 bits per heavy atom. The second-order valence-corrected chi connectivity index (χ2v) is 4.76. The van der Waals surface area contributed by atoms with E-state index in [9.17, 15) is 0 Å². The Balaban J connectivity index is 2.17. The summed E-state index contributed by atoms with van der Waals surface area (Å²) in [5.74, 6) is 0.270. The minimum absolute atomic E-state index is 0.270. The molecule has 3 aromatic rings. The van der Waals surface area contributed by atoms with Gasteiger partial charge in [0.25, 0.3) is 0 Å². The summed E-state index contributed by atoms with van der Waals surface area (Å²) in [5, 5.41) is 7.40. The fraction of sp³-hybridized carbons (Fsp3) is 0.133. The number of aryl methyl sites for hydroxylation is 2. The SMILES string of the molecule is Cc1cccc(-c2[nH]nc(C)c2-c2cnc(N)nc2)c1. The average molecular weight is 265 g/mol. The van der Waals surface area contributed by atoms with Crippen molar-refractivity contribution in [3.63, 3.8) is 0 Å². The second-order valence-electron chi connectivity index (χ2n) is 4.76. The van der Waals surface area contributed by atoms with E-state index < -0.39 is 0 Å². The van der Waals surface area contributed by atoms with Gasteiger partial charge in [0, 0.05) is 29.1 Å².